The monoisotopic (exact) mass is 304 g/mol. The number of carbonyl (C=O) groups is 1. The number of amides is 1. The van der Waals surface area contributed by atoms with Gasteiger partial charge >= 0.3 is 6.09 Å². The number of carbonyl (C=O) groups excluding carboxylic acids is 1. The maximum absolute atomic E-state index is 12.3. The average molecular weight is 304 g/mol. The first-order valence-electron chi connectivity index (χ1n) is 8.12. The van der Waals surface area contributed by atoms with Gasteiger partial charge in [-0.05, 0) is 46.1 Å². The quantitative estimate of drug-likeness (QED) is 0.928. The third-order valence-electron chi connectivity index (χ3n) is 3.95. The van der Waals surface area contributed by atoms with Gasteiger partial charge in [0.25, 0.3) is 0 Å². The molecule has 1 heterocycles. The molecule has 1 amide bonds. The number of hydrogen-bond donors (Lipinski definition) is 1. The van der Waals surface area contributed by atoms with E-state index in [1.807, 2.05) is 43.9 Å². The highest BCUT2D eigenvalue weighted by Gasteiger charge is 2.31. The number of nitrogens with one attached hydrogen (secondary N) is 1. The third-order valence-corrected chi connectivity index (χ3v) is 3.95. The van der Waals surface area contributed by atoms with E-state index in [0.717, 1.165) is 19.4 Å². The van der Waals surface area contributed by atoms with Gasteiger partial charge in [-0.15, -0.1) is 0 Å². The molecular weight excluding hydrogens is 276 g/mol. The number of hydrogen-bond acceptors (Lipinski definition) is 3. The summed E-state index contributed by atoms with van der Waals surface area (Å²) in [6, 6.07) is 10.9. The summed E-state index contributed by atoms with van der Waals surface area (Å²) < 4.78 is 5.52. The second-order valence-electron chi connectivity index (χ2n) is 7.12. The Morgan fingerprint density at radius 2 is 1.95 bits per heavy atom. The molecule has 0 bridgehead atoms. The summed E-state index contributed by atoms with van der Waals surface area (Å²) >= 11 is 0. The van der Waals surface area contributed by atoms with Crippen molar-refractivity contribution in [3.63, 3.8) is 0 Å². The molecule has 2 atom stereocenters. The van der Waals surface area contributed by atoms with Gasteiger partial charge in [0.1, 0.15) is 5.60 Å². The molecule has 0 spiro atoms. The van der Waals surface area contributed by atoms with Gasteiger partial charge in [0, 0.05) is 25.2 Å². The summed E-state index contributed by atoms with van der Waals surface area (Å²) in [5, 5.41) is 3.56. The molecule has 4 heteroatoms. The molecule has 0 radical (unpaired) electrons. The van der Waals surface area contributed by atoms with Gasteiger partial charge in [-0.2, -0.15) is 0 Å². The van der Waals surface area contributed by atoms with Crippen LogP contribution in [-0.2, 0) is 11.3 Å². The van der Waals surface area contributed by atoms with E-state index in [1.54, 1.807) is 0 Å². The number of likely N-dealkylation sites (tertiary alicyclic amines) is 1. The van der Waals surface area contributed by atoms with Crippen LogP contribution < -0.4 is 5.32 Å². The summed E-state index contributed by atoms with van der Waals surface area (Å²) in [5.74, 6) is 0. The molecule has 2 unspecified atom stereocenters. The van der Waals surface area contributed by atoms with Crippen LogP contribution in [0.2, 0.25) is 0 Å². The lowest BCUT2D eigenvalue weighted by atomic mass is 9.99. The van der Waals surface area contributed by atoms with E-state index in [1.165, 1.54) is 5.56 Å². The maximum atomic E-state index is 12.3. The molecule has 1 N–H and O–H groups in total. The van der Waals surface area contributed by atoms with Gasteiger partial charge in [-0.25, -0.2) is 4.79 Å². The minimum Gasteiger partial charge on any atom is -0.444 e. The molecule has 1 aromatic rings. The van der Waals surface area contributed by atoms with Crippen LogP contribution in [0.3, 0.4) is 0 Å². The van der Waals surface area contributed by atoms with E-state index in [2.05, 4.69) is 24.4 Å². The van der Waals surface area contributed by atoms with Crippen molar-refractivity contribution in [2.75, 3.05) is 6.54 Å². The fraction of sp³-hybridized carbons (Fsp3) is 0.611. The summed E-state index contributed by atoms with van der Waals surface area (Å²) in [6.07, 6.45) is 1.89. The summed E-state index contributed by atoms with van der Waals surface area (Å²) in [4.78, 5) is 14.2. The fourth-order valence-electron chi connectivity index (χ4n) is 2.71. The lowest BCUT2D eigenvalue weighted by Gasteiger charge is -2.39. The van der Waals surface area contributed by atoms with Crippen LogP contribution in [0.15, 0.2) is 30.3 Å². The van der Waals surface area contributed by atoms with Crippen molar-refractivity contribution in [3.8, 4) is 0 Å². The minimum atomic E-state index is -0.443. The van der Waals surface area contributed by atoms with E-state index in [4.69, 9.17) is 4.74 Å². The molecule has 0 aromatic heterocycles. The Kier molecular flexibility index (Phi) is 5.46. The first-order valence-corrected chi connectivity index (χ1v) is 8.12. The van der Waals surface area contributed by atoms with E-state index >= 15 is 0 Å². The highest BCUT2D eigenvalue weighted by Crippen LogP contribution is 2.20. The zero-order valence-corrected chi connectivity index (χ0v) is 14.1. The topological polar surface area (TPSA) is 41.6 Å². The van der Waals surface area contributed by atoms with E-state index in [-0.39, 0.29) is 12.1 Å². The van der Waals surface area contributed by atoms with Crippen molar-refractivity contribution < 1.29 is 9.53 Å². The third kappa shape index (κ3) is 5.02. The zero-order valence-electron chi connectivity index (χ0n) is 14.1. The van der Waals surface area contributed by atoms with Gasteiger partial charge in [0.15, 0.2) is 0 Å². The smallest absolute Gasteiger partial charge is 0.410 e. The van der Waals surface area contributed by atoms with Gasteiger partial charge < -0.3 is 15.0 Å². The Hall–Kier alpha value is -1.55. The average Bonchev–Trinajstić information content (AvgIpc) is 2.45. The SMILES string of the molecule is CC1CCC(NCc2ccccc2)CN1C(=O)OC(C)(C)C. The van der Waals surface area contributed by atoms with Gasteiger partial charge in [-0.3, -0.25) is 0 Å². The van der Waals surface area contributed by atoms with Crippen molar-refractivity contribution in [2.24, 2.45) is 0 Å². The fourth-order valence-corrected chi connectivity index (χ4v) is 2.71. The summed E-state index contributed by atoms with van der Waals surface area (Å²) in [6.45, 7) is 9.36. The lowest BCUT2D eigenvalue weighted by molar-refractivity contribution is 0.00824. The molecule has 2 rings (SSSR count). The van der Waals surface area contributed by atoms with Gasteiger partial charge in [0.2, 0.25) is 0 Å². The molecule has 1 aliphatic heterocycles. The van der Waals surface area contributed by atoms with Crippen LogP contribution in [0.25, 0.3) is 0 Å². The van der Waals surface area contributed by atoms with Crippen LogP contribution in [0, 0.1) is 0 Å². The van der Waals surface area contributed by atoms with Crippen molar-refractivity contribution >= 4 is 6.09 Å². The number of nitrogens with zero attached hydrogens (tertiary/aromatic N) is 1. The lowest BCUT2D eigenvalue weighted by Crippen LogP contribution is -2.52. The first-order chi connectivity index (χ1) is 10.3. The predicted octanol–water partition coefficient (Wildman–Crippen LogP) is 3.56. The van der Waals surface area contributed by atoms with Crippen LogP contribution in [0.4, 0.5) is 4.79 Å². The second-order valence-corrected chi connectivity index (χ2v) is 7.12. The zero-order chi connectivity index (χ0) is 16.2. The molecule has 0 aliphatic carbocycles. The normalized spacial score (nSPS) is 22.5. The molecule has 122 valence electrons. The number of ether oxygens (including phenoxy) is 1. The molecule has 4 nitrogen and oxygen atoms in total. The Morgan fingerprint density at radius 3 is 2.59 bits per heavy atom. The summed E-state index contributed by atoms with van der Waals surface area (Å²) in [5.41, 5.74) is 0.825. The molecule has 1 saturated heterocycles. The van der Waals surface area contributed by atoms with Crippen molar-refractivity contribution in [2.45, 2.75) is 64.8 Å². The first kappa shape index (κ1) is 16.8. The highest BCUT2D eigenvalue weighted by atomic mass is 16.6. The number of rotatable bonds is 3. The molecule has 1 aromatic carbocycles. The summed E-state index contributed by atoms with van der Waals surface area (Å²) in [7, 11) is 0. The van der Waals surface area contributed by atoms with Crippen molar-refractivity contribution in [1.29, 1.82) is 0 Å². The minimum absolute atomic E-state index is 0.203. The van der Waals surface area contributed by atoms with Crippen LogP contribution in [0.5, 0.6) is 0 Å². The highest BCUT2D eigenvalue weighted by molar-refractivity contribution is 5.68. The van der Waals surface area contributed by atoms with E-state index in [0.29, 0.717) is 12.6 Å². The standard InChI is InChI=1S/C18H28N2O2/c1-14-10-11-16(19-12-15-8-6-5-7-9-15)13-20(14)17(21)22-18(2,3)4/h5-9,14,16,19H,10-13H2,1-4H3. The van der Waals surface area contributed by atoms with Gasteiger partial charge in [-0.1, -0.05) is 30.3 Å². The van der Waals surface area contributed by atoms with E-state index in [9.17, 15) is 4.79 Å². The number of piperidine rings is 1. The Balaban J connectivity index is 1.89. The van der Waals surface area contributed by atoms with Gasteiger partial charge in [0.05, 0.1) is 0 Å². The maximum Gasteiger partial charge on any atom is 0.410 e. The van der Waals surface area contributed by atoms with Crippen LogP contribution in [0.1, 0.15) is 46.1 Å². The molecule has 22 heavy (non-hydrogen) atoms. The molecule has 1 aliphatic rings. The Morgan fingerprint density at radius 1 is 1.27 bits per heavy atom. The molecule has 0 saturated carbocycles. The predicted molar refractivity (Wildman–Crippen MR) is 88.7 cm³/mol. The van der Waals surface area contributed by atoms with Crippen molar-refractivity contribution in [1.82, 2.24) is 10.2 Å². The largest absolute Gasteiger partial charge is 0.444 e. The van der Waals surface area contributed by atoms with E-state index < -0.39 is 5.60 Å². The Bertz CT molecular complexity index is 482. The van der Waals surface area contributed by atoms with Crippen LogP contribution >= 0.6 is 0 Å². The molecule has 1 fully saturated rings. The second kappa shape index (κ2) is 7.14. The molecular formula is C18H28N2O2. The van der Waals surface area contributed by atoms with Crippen molar-refractivity contribution in [3.05, 3.63) is 35.9 Å². The Labute approximate surface area is 133 Å². The number of benzene rings is 1. The van der Waals surface area contributed by atoms with Crippen LogP contribution in [-0.4, -0.2) is 35.2 Å².